The molecular weight excluding hydrogens is 304 g/mol. The van der Waals surface area contributed by atoms with E-state index in [1.54, 1.807) is 0 Å². The summed E-state index contributed by atoms with van der Waals surface area (Å²) in [7, 11) is 0. The van der Waals surface area contributed by atoms with E-state index in [1.807, 2.05) is 12.1 Å². The molecular formula is C15H25BrN2O. The highest BCUT2D eigenvalue weighted by Crippen LogP contribution is 2.28. The summed E-state index contributed by atoms with van der Waals surface area (Å²) < 4.78 is 1.06. The van der Waals surface area contributed by atoms with Crippen LogP contribution >= 0.6 is 15.9 Å². The SMILES string of the molecule is CCC(N)C(c1cccc(Br)c1)N(CCO)C(C)C. The van der Waals surface area contributed by atoms with E-state index in [9.17, 15) is 5.11 Å². The van der Waals surface area contributed by atoms with E-state index in [-0.39, 0.29) is 18.7 Å². The summed E-state index contributed by atoms with van der Waals surface area (Å²) in [5.74, 6) is 0. The molecule has 108 valence electrons. The molecule has 0 saturated carbocycles. The predicted octanol–water partition coefficient (Wildman–Crippen LogP) is 2.93. The molecule has 0 radical (unpaired) electrons. The number of nitrogens with zero attached hydrogens (tertiary/aromatic N) is 1. The summed E-state index contributed by atoms with van der Waals surface area (Å²) in [6, 6.07) is 8.81. The molecule has 2 atom stereocenters. The minimum Gasteiger partial charge on any atom is -0.395 e. The van der Waals surface area contributed by atoms with Crippen LogP contribution in [0.5, 0.6) is 0 Å². The van der Waals surface area contributed by atoms with Crippen molar-refractivity contribution < 1.29 is 5.11 Å². The topological polar surface area (TPSA) is 49.5 Å². The number of hydrogen-bond donors (Lipinski definition) is 2. The van der Waals surface area contributed by atoms with Gasteiger partial charge in [0.2, 0.25) is 0 Å². The lowest BCUT2D eigenvalue weighted by Crippen LogP contribution is -2.45. The van der Waals surface area contributed by atoms with Crippen molar-refractivity contribution in [2.24, 2.45) is 5.73 Å². The zero-order valence-corrected chi connectivity index (χ0v) is 13.6. The van der Waals surface area contributed by atoms with Crippen LogP contribution < -0.4 is 5.73 Å². The molecule has 0 amide bonds. The number of hydrogen-bond acceptors (Lipinski definition) is 3. The largest absolute Gasteiger partial charge is 0.395 e. The van der Waals surface area contributed by atoms with Crippen molar-refractivity contribution in [2.75, 3.05) is 13.2 Å². The lowest BCUT2D eigenvalue weighted by atomic mass is 9.95. The summed E-state index contributed by atoms with van der Waals surface area (Å²) in [4.78, 5) is 2.27. The number of aliphatic hydroxyl groups is 1. The first-order valence-corrected chi connectivity index (χ1v) is 7.68. The van der Waals surface area contributed by atoms with E-state index in [0.717, 1.165) is 10.9 Å². The minimum absolute atomic E-state index is 0.0586. The Morgan fingerprint density at radius 3 is 2.53 bits per heavy atom. The zero-order chi connectivity index (χ0) is 14.4. The Morgan fingerprint density at radius 2 is 2.05 bits per heavy atom. The van der Waals surface area contributed by atoms with Crippen LogP contribution in [0.15, 0.2) is 28.7 Å². The molecule has 1 aromatic carbocycles. The van der Waals surface area contributed by atoms with Crippen molar-refractivity contribution in [3.05, 3.63) is 34.3 Å². The number of halogens is 1. The fourth-order valence-electron chi connectivity index (χ4n) is 2.43. The highest BCUT2D eigenvalue weighted by molar-refractivity contribution is 9.10. The maximum Gasteiger partial charge on any atom is 0.0558 e. The smallest absolute Gasteiger partial charge is 0.0558 e. The fourth-order valence-corrected chi connectivity index (χ4v) is 2.85. The summed E-state index contributed by atoms with van der Waals surface area (Å²) in [6.45, 7) is 7.18. The van der Waals surface area contributed by atoms with Gasteiger partial charge in [-0.2, -0.15) is 0 Å². The molecule has 0 saturated heterocycles. The van der Waals surface area contributed by atoms with Gasteiger partial charge < -0.3 is 10.8 Å². The molecule has 3 nitrogen and oxygen atoms in total. The second kappa shape index (κ2) is 8.00. The third kappa shape index (κ3) is 4.56. The Hall–Kier alpha value is -0.420. The van der Waals surface area contributed by atoms with Gasteiger partial charge in [0.25, 0.3) is 0 Å². The third-order valence-electron chi connectivity index (χ3n) is 3.45. The van der Waals surface area contributed by atoms with Crippen molar-refractivity contribution >= 4 is 15.9 Å². The molecule has 0 bridgehead atoms. The molecule has 0 aliphatic rings. The molecule has 0 aliphatic heterocycles. The standard InChI is InChI=1S/C15H25BrN2O/c1-4-14(17)15(18(8-9-19)11(2)3)12-6-5-7-13(16)10-12/h5-7,10-11,14-15,19H,4,8-9,17H2,1-3H3. The van der Waals surface area contributed by atoms with Gasteiger partial charge in [0.05, 0.1) is 12.6 Å². The van der Waals surface area contributed by atoms with Gasteiger partial charge >= 0.3 is 0 Å². The molecule has 0 aliphatic carbocycles. The van der Waals surface area contributed by atoms with E-state index in [4.69, 9.17) is 5.73 Å². The lowest BCUT2D eigenvalue weighted by Gasteiger charge is -2.38. The molecule has 3 N–H and O–H groups in total. The lowest BCUT2D eigenvalue weighted by molar-refractivity contribution is 0.101. The van der Waals surface area contributed by atoms with E-state index < -0.39 is 0 Å². The van der Waals surface area contributed by atoms with Crippen LogP contribution in [0.4, 0.5) is 0 Å². The third-order valence-corrected chi connectivity index (χ3v) is 3.94. The van der Waals surface area contributed by atoms with E-state index in [0.29, 0.717) is 12.6 Å². The Balaban J connectivity index is 3.12. The quantitative estimate of drug-likeness (QED) is 0.809. The van der Waals surface area contributed by atoms with Crippen LogP contribution in [0.25, 0.3) is 0 Å². The molecule has 0 heterocycles. The van der Waals surface area contributed by atoms with Gasteiger partial charge in [-0.15, -0.1) is 0 Å². The van der Waals surface area contributed by atoms with E-state index in [2.05, 4.69) is 53.7 Å². The molecule has 0 spiro atoms. The Labute approximate surface area is 124 Å². The van der Waals surface area contributed by atoms with Crippen molar-refractivity contribution in [3.63, 3.8) is 0 Å². The molecule has 0 aromatic heterocycles. The molecule has 2 unspecified atom stereocenters. The first-order valence-electron chi connectivity index (χ1n) is 6.88. The van der Waals surface area contributed by atoms with Crippen molar-refractivity contribution in [2.45, 2.75) is 45.3 Å². The van der Waals surface area contributed by atoms with Gasteiger partial charge in [-0.3, -0.25) is 4.90 Å². The summed E-state index contributed by atoms with van der Waals surface area (Å²) in [5, 5.41) is 9.30. The summed E-state index contributed by atoms with van der Waals surface area (Å²) >= 11 is 3.52. The van der Waals surface area contributed by atoms with Crippen LogP contribution in [0.1, 0.15) is 38.8 Å². The molecule has 1 aromatic rings. The zero-order valence-electron chi connectivity index (χ0n) is 12.0. The van der Waals surface area contributed by atoms with Crippen LogP contribution in [-0.2, 0) is 0 Å². The Bertz CT molecular complexity index is 384. The number of benzene rings is 1. The molecule has 1 rings (SSSR count). The van der Waals surface area contributed by atoms with Crippen LogP contribution in [0.3, 0.4) is 0 Å². The van der Waals surface area contributed by atoms with Gasteiger partial charge in [-0.05, 0) is 38.0 Å². The van der Waals surface area contributed by atoms with Crippen molar-refractivity contribution in [1.82, 2.24) is 4.90 Å². The van der Waals surface area contributed by atoms with Crippen LogP contribution in [0, 0.1) is 0 Å². The normalized spacial score (nSPS) is 14.9. The highest BCUT2D eigenvalue weighted by atomic mass is 79.9. The Morgan fingerprint density at radius 1 is 1.37 bits per heavy atom. The second-order valence-electron chi connectivity index (χ2n) is 5.13. The molecule has 4 heteroatoms. The van der Waals surface area contributed by atoms with Crippen molar-refractivity contribution in [1.29, 1.82) is 0 Å². The van der Waals surface area contributed by atoms with Crippen molar-refractivity contribution in [3.8, 4) is 0 Å². The number of aliphatic hydroxyl groups excluding tert-OH is 1. The molecule has 0 fully saturated rings. The maximum atomic E-state index is 9.30. The van der Waals surface area contributed by atoms with Gasteiger partial charge in [0.15, 0.2) is 0 Å². The fraction of sp³-hybridized carbons (Fsp3) is 0.600. The first kappa shape index (κ1) is 16.6. The van der Waals surface area contributed by atoms with Gasteiger partial charge in [0.1, 0.15) is 0 Å². The van der Waals surface area contributed by atoms with E-state index >= 15 is 0 Å². The van der Waals surface area contributed by atoms with Crippen LogP contribution in [0.2, 0.25) is 0 Å². The highest BCUT2D eigenvalue weighted by Gasteiger charge is 2.27. The summed E-state index contributed by atoms with van der Waals surface area (Å²) in [5.41, 5.74) is 7.53. The first-order chi connectivity index (χ1) is 9.01. The summed E-state index contributed by atoms with van der Waals surface area (Å²) in [6.07, 6.45) is 0.909. The Kier molecular flexibility index (Phi) is 7.00. The second-order valence-corrected chi connectivity index (χ2v) is 6.04. The number of rotatable bonds is 7. The predicted molar refractivity (Wildman–Crippen MR) is 84.1 cm³/mol. The number of nitrogens with two attached hydrogens (primary N) is 1. The minimum atomic E-state index is 0.0586. The maximum absolute atomic E-state index is 9.30. The molecule has 19 heavy (non-hydrogen) atoms. The van der Waals surface area contributed by atoms with E-state index in [1.165, 1.54) is 5.56 Å². The van der Waals surface area contributed by atoms with Gasteiger partial charge in [-0.1, -0.05) is 35.0 Å². The van der Waals surface area contributed by atoms with Crippen LogP contribution in [-0.4, -0.2) is 35.2 Å². The monoisotopic (exact) mass is 328 g/mol. The average molecular weight is 329 g/mol. The van der Waals surface area contributed by atoms with Gasteiger partial charge in [-0.25, -0.2) is 0 Å². The average Bonchev–Trinajstić information content (AvgIpc) is 2.37. The van der Waals surface area contributed by atoms with Gasteiger partial charge in [0, 0.05) is 23.1 Å².